The summed E-state index contributed by atoms with van der Waals surface area (Å²) in [5.74, 6) is 0.577. The Bertz CT molecular complexity index is 350. The topological polar surface area (TPSA) is 69.4 Å². The second-order valence-corrected chi connectivity index (χ2v) is 6.65. The molecule has 2 saturated heterocycles. The predicted octanol–water partition coefficient (Wildman–Crippen LogP) is -0.751. The average molecular weight is 326 g/mol. The average Bonchev–Trinajstić information content (AvgIpc) is 2.58. The molecule has 0 aromatic carbocycles. The first-order valence-electron chi connectivity index (χ1n) is 8.91. The van der Waals surface area contributed by atoms with E-state index in [0.717, 1.165) is 78.5 Å². The Kier molecular flexibility index (Phi) is 8.08. The number of morpholine rings is 1. The molecule has 0 bridgehead atoms. The van der Waals surface area contributed by atoms with E-state index in [1.807, 2.05) is 0 Å². The van der Waals surface area contributed by atoms with Gasteiger partial charge in [-0.3, -0.25) is 14.8 Å². The fourth-order valence-corrected chi connectivity index (χ4v) is 3.01. The lowest BCUT2D eigenvalue weighted by molar-refractivity contribution is 0.0376. The van der Waals surface area contributed by atoms with Gasteiger partial charge in [0.05, 0.1) is 19.8 Å². The minimum absolute atomic E-state index is 0.456. The van der Waals surface area contributed by atoms with Crippen LogP contribution in [0.1, 0.15) is 13.3 Å². The van der Waals surface area contributed by atoms with Gasteiger partial charge >= 0.3 is 0 Å². The zero-order valence-electron chi connectivity index (χ0n) is 14.8. The molecule has 1 unspecified atom stereocenters. The SMILES string of the molecule is CC(CN=C(N)NCCCN1CCOCC1)N1CCN(C)CC1. The van der Waals surface area contributed by atoms with Gasteiger partial charge < -0.3 is 20.7 Å². The Labute approximate surface area is 140 Å². The van der Waals surface area contributed by atoms with Crippen LogP contribution in [0.4, 0.5) is 0 Å². The maximum atomic E-state index is 5.97. The van der Waals surface area contributed by atoms with E-state index in [-0.39, 0.29) is 0 Å². The summed E-state index contributed by atoms with van der Waals surface area (Å²) >= 11 is 0. The number of nitrogens with two attached hydrogens (primary N) is 1. The molecule has 2 aliphatic rings. The van der Waals surface area contributed by atoms with Gasteiger partial charge in [-0.25, -0.2) is 0 Å². The van der Waals surface area contributed by atoms with E-state index in [1.54, 1.807) is 0 Å². The third kappa shape index (κ3) is 7.03. The zero-order valence-corrected chi connectivity index (χ0v) is 14.8. The molecule has 23 heavy (non-hydrogen) atoms. The molecule has 2 rings (SSSR count). The molecule has 0 amide bonds. The second-order valence-electron chi connectivity index (χ2n) is 6.65. The fraction of sp³-hybridized carbons (Fsp3) is 0.938. The molecule has 0 saturated carbocycles. The summed E-state index contributed by atoms with van der Waals surface area (Å²) in [6.07, 6.45) is 1.09. The van der Waals surface area contributed by atoms with Crippen LogP contribution in [0.5, 0.6) is 0 Å². The Balaban J connectivity index is 1.55. The number of hydrogen-bond donors (Lipinski definition) is 2. The van der Waals surface area contributed by atoms with Gasteiger partial charge in [0, 0.05) is 51.9 Å². The van der Waals surface area contributed by atoms with Crippen LogP contribution < -0.4 is 11.1 Å². The minimum atomic E-state index is 0.456. The Morgan fingerprint density at radius 3 is 2.57 bits per heavy atom. The molecule has 7 nitrogen and oxygen atoms in total. The third-order valence-corrected chi connectivity index (χ3v) is 4.75. The zero-order chi connectivity index (χ0) is 16.5. The van der Waals surface area contributed by atoms with E-state index in [2.05, 4.69) is 39.0 Å². The maximum Gasteiger partial charge on any atom is 0.188 e. The first-order valence-corrected chi connectivity index (χ1v) is 8.91. The summed E-state index contributed by atoms with van der Waals surface area (Å²) in [6.45, 7) is 13.3. The summed E-state index contributed by atoms with van der Waals surface area (Å²) in [6, 6.07) is 0.456. The van der Waals surface area contributed by atoms with E-state index in [0.29, 0.717) is 12.0 Å². The van der Waals surface area contributed by atoms with Crippen LogP contribution >= 0.6 is 0 Å². The molecule has 1 atom stereocenters. The van der Waals surface area contributed by atoms with Crippen LogP contribution in [0.25, 0.3) is 0 Å². The highest BCUT2D eigenvalue weighted by Gasteiger charge is 2.18. The van der Waals surface area contributed by atoms with Crippen molar-refractivity contribution in [2.45, 2.75) is 19.4 Å². The Hall–Kier alpha value is -0.890. The maximum absolute atomic E-state index is 5.97. The largest absolute Gasteiger partial charge is 0.379 e. The summed E-state index contributed by atoms with van der Waals surface area (Å²) in [5, 5.41) is 3.23. The number of rotatable bonds is 7. The molecule has 0 spiro atoms. The smallest absolute Gasteiger partial charge is 0.188 e. The number of guanidine groups is 1. The van der Waals surface area contributed by atoms with Gasteiger partial charge in [-0.15, -0.1) is 0 Å². The molecular weight excluding hydrogens is 292 g/mol. The highest BCUT2D eigenvalue weighted by Crippen LogP contribution is 2.05. The molecule has 3 N–H and O–H groups in total. The fourth-order valence-electron chi connectivity index (χ4n) is 3.01. The van der Waals surface area contributed by atoms with Crippen molar-refractivity contribution in [3.63, 3.8) is 0 Å². The normalized spacial score (nSPS) is 23.8. The van der Waals surface area contributed by atoms with Crippen molar-refractivity contribution in [3.8, 4) is 0 Å². The number of nitrogens with zero attached hydrogens (tertiary/aromatic N) is 4. The molecule has 134 valence electrons. The van der Waals surface area contributed by atoms with Crippen molar-refractivity contribution in [2.75, 3.05) is 79.2 Å². The van der Waals surface area contributed by atoms with Crippen LogP contribution in [0, 0.1) is 0 Å². The van der Waals surface area contributed by atoms with Crippen LogP contribution in [-0.4, -0.2) is 106 Å². The van der Waals surface area contributed by atoms with Gasteiger partial charge in [0.1, 0.15) is 0 Å². The number of piperazine rings is 1. The van der Waals surface area contributed by atoms with Crippen LogP contribution in [0.2, 0.25) is 0 Å². The lowest BCUT2D eigenvalue weighted by Crippen LogP contribution is -2.49. The van der Waals surface area contributed by atoms with E-state index in [1.165, 1.54) is 0 Å². The molecule has 7 heteroatoms. The summed E-state index contributed by atoms with van der Waals surface area (Å²) < 4.78 is 5.35. The van der Waals surface area contributed by atoms with Crippen molar-refractivity contribution in [2.24, 2.45) is 10.7 Å². The van der Waals surface area contributed by atoms with E-state index in [4.69, 9.17) is 10.5 Å². The van der Waals surface area contributed by atoms with Crippen molar-refractivity contribution in [1.29, 1.82) is 0 Å². The number of likely N-dealkylation sites (N-methyl/N-ethyl adjacent to an activating group) is 1. The third-order valence-electron chi connectivity index (χ3n) is 4.75. The molecular formula is C16H34N6O. The summed E-state index contributed by atoms with van der Waals surface area (Å²) in [4.78, 5) is 11.8. The quantitative estimate of drug-likeness (QED) is 0.364. The molecule has 0 aromatic heterocycles. The van der Waals surface area contributed by atoms with Gasteiger partial charge in [0.25, 0.3) is 0 Å². The minimum Gasteiger partial charge on any atom is -0.379 e. The van der Waals surface area contributed by atoms with Crippen molar-refractivity contribution >= 4 is 5.96 Å². The highest BCUT2D eigenvalue weighted by molar-refractivity contribution is 5.77. The van der Waals surface area contributed by atoms with Crippen LogP contribution in [0.3, 0.4) is 0 Å². The van der Waals surface area contributed by atoms with Gasteiger partial charge in [0.2, 0.25) is 0 Å². The number of aliphatic imine (C=N–C) groups is 1. The first kappa shape index (κ1) is 18.4. The van der Waals surface area contributed by atoms with E-state index < -0.39 is 0 Å². The van der Waals surface area contributed by atoms with Crippen LogP contribution in [-0.2, 0) is 4.74 Å². The monoisotopic (exact) mass is 326 g/mol. The van der Waals surface area contributed by atoms with Gasteiger partial charge in [-0.05, 0) is 26.9 Å². The number of nitrogens with one attached hydrogen (secondary N) is 1. The Morgan fingerprint density at radius 1 is 1.17 bits per heavy atom. The van der Waals surface area contributed by atoms with Crippen molar-refractivity contribution < 1.29 is 4.74 Å². The van der Waals surface area contributed by atoms with Gasteiger partial charge in [-0.1, -0.05) is 0 Å². The summed E-state index contributed by atoms with van der Waals surface area (Å²) in [7, 11) is 2.18. The van der Waals surface area contributed by atoms with E-state index in [9.17, 15) is 0 Å². The van der Waals surface area contributed by atoms with Crippen LogP contribution in [0.15, 0.2) is 4.99 Å². The molecule has 2 heterocycles. The molecule has 0 aromatic rings. The van der Waals surface area contributed by atoms with Gasteiger partial charge in [-0.2, -0.15) is 0 Å². The lowest BCUT2D eigenvalue weighted by atomic mass is 10.2. The summed E-state index contributed by atoms with van der Waals surface area (Å²) in [5.41, 5.74) is 5.97. The highest BCUT2D eigenvalue weighted by atomic mass is 16.5. The second kappa shape index (κ2) is 10.1. The Morgan fingerprint density at radius 2 is 1.87 bits per heavy atom. The van der Waals surface area contributed by atoms with Crippen molar-refractivity contribution in [1.82, 2.24) is 20.0 Å². The first-order chi connectivity index (χ1) is 11.1. The van der Waals surface area contributed by atoms with Gasteiger partial charge in [0.15, 0.2) is 5.96 Å². The predicted molar refractivity (Wildman–Crippen MR) is 94.9 cm³/mol. The molecule has 2 fully saturated rings. The molecule has 2 aliphatic heterocycles. The van der Waals surface area contributed by atoms with Crippen molar-refractivity contribution in [3.05, 3.63) is 0 Å². The van der Waals surface area contributed by atoms with E-state index >= 15 is 0 Å². The molecule has 0 aliphatic carbocycles. The number of ether oxygens (including phenoxy) is 1. The lowest BCUT2D eigenvalue weighted by Gasteiger charge is -2.35. The number of hydrogen-bond acceptors (Lipinski definition) is 5. The molecule has 0 radical (unpaired) electrons. The standard InChI is InChI=1S/C16H34N6O/c1-15(22-8-6-20(2)7-9-22)14-19-16(17)18-4-3-5-21-10-12-23-13-11-21/h15H,3-14H2,1-2H3,(H3,17,18,19).